The van der Waals surface area contributed by atoms with Gasteiger partial charge in [-0.3, -0.25) is 4.79 Å². The van der Waals surface area contributed by atoms with E-state index in [1.807, 2.05) is 72.8 Å². The molecule has 4 rings (SSSR count). The van der Waals surface area contributed by atoms with Crippen LogP contribution in [0.25, 0.3) is 16.9 Å². The van der Waals surface area contributed by atoms with Crippen molar-refractivity contribution < 1.29 is 9.18 Å². The number of aromatic nitrogens is 2. The molecule has 0 aliphatic rings. The number of hydrogen-bond donors (Lipinski definition) is 1. The Balaban J connectivity index is 1.50. The van der Waals surface area contributed by atoms with Crippen LogP contribution in [0.2, 0.25) is 0 Å². The second-order valence-corrected chi connectivity index (χ2v) is 7.04. The molecule has 0 saturated heterocycles. The quantitative estimate of drug-likeness (QED) is 0.479. The number of amides is 1. The van der Waals surface area contributed by atoms with Crippen LogP contribution in [0.15, 0.2) is 91.0 Å². The van der Waals surface area contributed by atoms with Gasteiger partial charge in [0.2, 0.25) is 5.91 Å². The van der Waals surface area contributed by atoms with Crippen LogP contribution in [-0.4, -0.2) is 15.7 Å². The van der Waals surface area contributed by atoms with Gasteiger partial charge in [-0.2, -0.15) is 5.10 Å². The highest BCUT2D eigenvalue weighted by Gasteiger charge is 2.13. The Morgan fingerprint density at radius 2 is 1.63 bits per heavy atom. The molecule has 4 nitrogen and oxygen atoms in total. The predicted molar refractivity (Wildman–Crippen MR) is 116 cm³/mol. The van der Waals surface area contributed by atoms with E-state index in [0.717, 1.165) is 28.2 Å². The fourth-order valence-electron chi connectivity index (χ4n) is 3.30. The maximum absolute atomic E-state index is 13.8. The molecule has 0 radical (unpaired) electrons. The lowest BCUT2D eigenvalue weighted by atomic mass is 10.1. The Kier molecular flexibility index (Phi) is 5.99. The summed E-state index contributed by atoms with van der Waals surface area (Å²) in [6.07, 6.45) is 0.837. The number of carbonyl (C=O) groups excluding carboxylic acids is 1. The summed E-state index contributed by atoms with van der Waals surface area (Å²) in [6, 6.07) is 27.9. The van der Waals surface area contributed by atoms with Crippen molar-refractivity contribution in [1.29, 1.82) is 0 Å². The summed E-state index contributed by atoms with van der Waals surface area (Å²) >= 11 is 0. The van der Waals surface area contributed by atoms with Gasteiger partial charge in [0.15, 0.2) is 0 Å². The molecule has 1 amide bonds. The molecule has 0 bridgehead atoms. The molecule has 0 atom stereocenters. The maximum atomic E-state index is 13.8. The third-order valence-electron chi connectivity index (χ3n) is 4.82. The van der Waals surface area contributed by atoms with Crippen molar-refractivity contribution in [2.75, 3.05) is 0 Å². The Morgan fingerprint density at radius 1 is 0.900 bits per heavy atom. The summed E-state index contributed by atoms with van der Waals surface area (Å²) < 4.78 is 15.6. The first-order valence-corrected chi connectivity index (χ1v) is 9.90. The van der Waals surface area contributed by atoms with Gasteiger partial charge in [-0.1, -0.05) is 60.7 Å². The van der Waals surface area contributed by atoms with E-state index < -0.39 is 0 Å². The normalized spacial score (nSPS) is 10.7. The number of carbonyl (C=O) groups is 1. The largest absolute Gasteiger partial charge is 0.352 e. The van der Waals surface area contributed by atoms with E-state index in [1.165, 1.54) is 12.1 Å². The first-order valence-electron chi connectivity index (χ1n) is 9.90. The summed E-state index contributed by atoms with van der Waals surface area (Å²) in [5.74, 6) is -0.324. The predicted octanol–water partition coefficient (Wildman–Crippen LogP) is 4.93. The van der Waals surface area contributed by atoms with Crippen LogP contribution in [0.5, 0.6) is 0 Å². The van der Waals surface area contributed by atoms with Crippen molar-refractivity contribution in [2.24, 2.45) is 0 Å². The second kappa shape index (κ2) is 9.18. The first kappa shape index (κ1) is 19.6. The number of rotatable bonds is 7. The molecule has 0 unspecified atom stereocenters. The van der Waals surface area contributed by atoms with Gasteiger partial charge in [0.25, 0.3) is 0 Å². The van der Waals surface area contributed by atoms with Crippen molar-refractivity contribution in [3.05, 3.63) is 108 Å². The lowest BCUT2D eigenvalue weighted by Gasteiger charge is -2.07. The van der Waals surface area contributed by atoms with E-state index in [-0.39, 0.29) is 11.7 Å². The molecular formula is C25H22FN3O. The van der Waals surface area contributed by atoms with Crippen molar-refractivity contribution in [3.63, 3.8) is 0 Å². The van der Waals surface area contributed by atoms with Gasteiger partial charge in [-0.15, -0.1) is 0 Å². The van der Waals surface area contributed by atoms with Gasteiger partial charge in [0.1, 0.15) is 5.82 Å². The van der Waals surface area contributed by atoms with Crippen molar-refractivity contribution in [3.8, 4) is 16.9 Å². The zero-order chi connectivity index (χ0) is 20.8. The van der Waals surface area contributed by atoms with E-state index in [2.05, 4.69) is 5.32 Å². The average Bonchev–Trinajstić information content (AvgIpc) is 3.22. The summed E-state index contributed by atoms with van der Waals surface area (Å²) in [4.78, 5) is 12.3. The molecule has 0 aliphatic heterocycles. The van der Waals surface area contributed by atoms with Crippen LogP contribution in [0.3, 0.4) is 0 Å². The molecule has 0 spiro atoms. The van der Waals surface area contributed by atoms with E-state index in [0.29, 0.717) is 19.4 Å². The van der Waals surface area contributed by atoms with Gasteiger partial charge in [0, 0.05) is 24.9 Å². The van der Waals surface area contributed by atoms with Crippen LogP contribution in [-0.2, 0) is 17.8 Å². The Hall–Kier alpha value is -3.73. The molecule has 0 aliphatic carbocycles. The maximum Gasteiger partial charge on any atom is 0.220 e. The molecule has 1 aromatic heterocycles. The fourth-order valence-corrected chi connectivity index (χ4v) is 3.30. The van der Waals surface area contributed by atoms with Crippen LogP contribution >= 0.6 is 0 Å². The monoisotopic (exact) mass is 399 g/mol. The molecule has 30 heavy (non-hydrogen) atoms. The molecule has 150 valence electrons. The average molecular weight is 399 g/mol. The summed E-state index contributed by atoms with van der Waals surface area (Å²) in [5.41, 5.74) is 4.27. The number of nitrogens with zero attached hydrogens (tertiary/aromatic N) is 2. The van der Waals surface area contributed by atoms with Crippen LogP contribution in [0, 0.1) is 5.82 Å². The van der Waals surface area contributed by atoms with Gasteiger partial charge in [-0.25, -0.2) is 9.07 Å². The van der Waals surface area contributed by atoms with Gasteiger partial charge >= 0.3 is 0 Å². The number of aryl methyl sites for hydroxylation is 1. The molecular weight excluding hydrogens is 377 g/mol. The number of nitrogens with one attached hydrogen (secondary N) is 1. The van der Waals surface area contributed by atoms with Crippen LogP contribution in [0.4, 0.5) is 4.39 Å². The Bertz CT molecular complexity index is 1120. The number of benzene rings is 3. The summed E-state index contributed by atoms with van der Waals surface area (Å²) in [6.45, 7) is 0.507. The first-order chi connectivity index (χ1) is 14.7. The summed E-state index contributed by atoms with van der Waals surface area (Å²) in [5, 5.41) is 7.63. The molecule has 5 heteroatoms. The molecule has 0 saturated carbocycles. The Labute approximate surface area is 175 Å². The van der Waals surface area contributed by atoms with Crippen LogP contribution in [0.1, 0.15) is 17.7 Å². The van der Waals surface area contributed by atoms with Crippen LogP contribution < -0.4 is 5.32 Å². The highest BCUT2D eigenvalue weighted by atomic mass is 19.1. The molecule has 1 N–H and O–H groups in total. The van der Waals surface area contributed by atoms with E-state index in [9.17, 15) is 9.18 Å². The highest BCUT2D eigenvalue weighted by Crippen LogP contribution is 2.25. The number of halogens is 1. The number of para-hydroxylation sites is 1. The molecule has 0 fully saturated rings. The molecule has 3 aromatic carbocycles. The lowest BCUT2D eigenvalue weighted by molar-refractivity contribution is -0.121. The minimum Gasteiger partial charge on any atom is -0.352 e. The van der Waals surface area contributed by atoms with E-state index >= 15 is 0 Å². The van der Waals surface area contributed by atoms with E-state index in [1.54, 1.807) is 10.7 Å². The second-order valence-electron chi connectivity index (χ2n) is 7.04. The standard InChI is InChI=1S/C25H22FN3O/c26-21-11-7-10-20(16-21)24-17-22(28-29(24)23-12-5-2-6-13-23)14-15-25(30)27-18-19-8-3-1-4-9-19/h1-13,16-17H,14-15,18H2,(H,27,30). The third kappa shape index (κ3) is 4.81. The zero-order valence-electron chi connectivity index (χ0n) is 16.5. The third-order valence-corrected chi connectivity index (χ3v) is 4.82. The minimum atomic E-state index is -0.296. The lowest BCUT2D eigenvalue weighted by Crippen LogP contribution is -2.23. The minimum absolute atomic E-state index is 0.0274. The van der Waals surface area contributed by atoms with Gasteiger partial charge in [0.05, 0.1) is 17.1 Å². The smallest absolute Gasteiger partial charge is 0.220 e. The Morgan fingerprint density at radius 3 is 2.37 bits per heavy atom. The van der Waals surface area contributed by atoms with Crippen molar-refractivity contribution >= 4 is 5.91 Å². The highest BCUT2D eigenvalue weighted by molar-refractivity contribution is 5.76. The fraction of sp³-hybridized carbons (Fsp3) is 0.120. The molecule has 4 aromatic rings. The molecule has 1 heterocycles. The summed E-state index contributed by atoms with van der Waals surface area (Å²) in [7, 11) is 0. The SMILES string of the molecule is O=C(CCc1cc(-c2cccc(F)c2)n(-c2ccccc2)n1)NCc1ccccc1. The van der Waals surface area contributed by atoms with Gasteiger partial charge in [-0.05, 0) is 35.9 Å². The van der Waals surface area contributed by atoms with Gasteiger partial charge < -0.3 is 5.32 Å². The van der Waals surface area contributed by atoms with E-state index in [4.69, 9.17) is 5.10 Å². The van der Waals surface area contributed by atoms with Crippen molar-refractivity contribution in [2.45, 2.75) is 19.4 Å². The zero-order valence-corrected chi connectivity index (χ0v) is 16.5. The number of hydrogen-bond acceptors (Lipinski definition) is 2. The van der Waals surface area contributed by atoms with Crippen molar-refractivity contribution in [1.82, 2.24) is 15.1 Å². The topological polar surface area (TPSA) is 46.9 Å².